The Kier molecular flexibility index (Phi) is 3.53. The molecule has 0 bridgehead atoms. The molecule has 132 valence electrons. The zero-order chi connectivity index (χ0) is 17.7. The first-order valence-corrected chi connectivity index (χ1v) is 9.50. The van der Waals surface area contributed by atoms with E-state index >= 15 is 0 Å². The van der Waals surface area contributed by atoms with Gasteiger partial charge in [0.1, 0.15) is 6.33 Å². The molecule has 1 saturated heterocycles. The molecule has 0 unspecified atom stereocenters. The highest BCUT2D eigenvalue weighted by Gasteiger charge is 2.23. The van der Waals surface area contributed by atoms with Crippen molar-refractivity contribution in [1.29, 1.82) is 0 Å². The van der Waals surface area contributed by atoms with Crippen LogP contribution in [0.15, 0.2) is 30.9 Å². The van der Waals surface area contributed by atoms with E-state index in [4.69, 9.17) is 4.98 Å². The average molecular weight is 365 g/mol. The monoisotopic (exact) mass is 365 g/mol. The molecule has 4 aromatic rings. The first-order chi connectivity index (χ1) is 12.7. The van der Waals surface area contributed by atoms with Crippen LogP contribution in [0.25, 0.3) is 21.4 Å². The molecular weight excluding hydrogens is 346 g/mol. The van der Waals surface area contributed by atoms with Gasteiger partial charge in [0.05, 0.1) is 16.5 Å². The number of fused-ring (bicyclic) bond motifs is 2. The maximum atomic E-state index is 4.87. The van der Waals surface area contributed by atoms with Gasteiger partial charge in [-0.25, -0.2) is 19.9 Å². The summed E-state index contributed by atoms with van der Waals surface area (Å²) < 4.78 is 3.19. The van der Waals surface area contributed by atoms with Crippen LogP contribution in [0.3, 0.4) is 0 Å². The fraction of sp³-hybridized carbons (Fsp3) is 0.333. The first-order valence-electron chi connectivity index (χ1n) is 8.69. The molecule has 0 N–H and O–H groups in total. The van der Waals surface area contributed by atoms with Gasteiger partial charge in [0.15, 0.2) is 22.1 Å². The van der Waals surface area contributed by atoms with Gasteiger partial charge in [-0.2, -0.15) is 0 Å². The van der Waals surface area contributed by atoms with Crippen LogP contribution in [-0.2, 0) is 7.05 Å². The average Bonchev–Trinajstić information content (AvgIpc) is 3.27. The van der Waals surface area contributed by atoms with E-state index in [2.05, 4.69) is 49.9 Å². The number of aromatic nitrogens is 5. The predicted octanol–water partition coefficient (Wildman–Crippen LogP) is 2.61. The number of hydrogen-bond donors (Lipinski definition) is 0. The molecule has 0 atom stereocenters. The summed E-state index contributed by atoms with van der Waals surface area (Å²) in [6.07, 6.45) is 3.42. The van der Waals surface area contributed by atoms with Crippen LogP contribution in [0.5, 0.6) is 0 Å². The lowest BCUT2D eigenvalue weighted by molar-refractivity contribution is 0.647. The second-order valence-electron chi connectivity index (χ2n) is 6.62. The Hall–Kier alpha value is -2.74. The summed E-state index contributed by atoms with van der Waals surface area (Å²) in [6, 6.07) is 6.38. The van der Waals surface area contributed by atoms with Gasteiger partial charge >= 0.3 is 0 Å². The van der Waals surface area contributed by atoms with Gasteiger partial charge in [0, 0.05) is 33.2 Å². The minimum Gasteiger partial charge on any atom is -0.351 e. The van der Waals surface area contributed by atoms with Crippen LogP contribution in [-0.4, -0.2) is 50.7 Å². The Labute approximate surface area is 154 Å². The zero-order valence-corrected chi connectivity index (χ0v) is 15.6. The largest absolute Gasteiger partial charge is 0.351 e. The molecule has 1 aliphatic heterocycles. The first kappa shape index (κ1) is 15.5. The van der Waals surface area contributed by atoms with E-state index in [1.165, 1.54) is 10.3 Å². The van der Waals surface area contributed by atoms with E-state index in [9.17, 15) is 0 Å². The van der Waals surface area contributed by atoms with E-state index < -0.39 is 0 Å². The third-order valence-electron chi connectivity index (χ3n) is 4.94. The second kappa shape index (κ2) is 5.91. The summed E-state index contributed by atoms with van der Waals surface area (Å²) >= 11 is 1.78. The number of piperazine rings is 1. The van der Waals surface area contributed by atoms with Crippen molar-refractivity contribution in [2.75, 3.05) is 36.0 Å². The minimum absolute atomic E-state index is 0.874. The van der Waals surface area contributed by atoms with E-state index in [1.54, 1.807) is 24.0 Å². The van der Waals surface area contributed by atoms with Crippen LogP contribution in [0.2, 0.25) is 0 Å². The minimum atomic E-state index is 0.874. The molecule has 26 heavy (non-hydrogen) atoms. The zero-order valence-electron chi connectivity index (χ0n) is 14.8. The second-order valence-corrected chi connectivity index (χ2v) is 7.63. The van der Waals surface area contributed by atoms with E-state index in [-0.39, 0.29) is 0 Å². The van der Waals surface area contributed by atoms with Gasteiger partial charge < -0.3 is 14.4 Å². The summed E-state index contributed by atoms with van der Waals surface area (Å²) in [7, 11) is 1.96. The smallest absolute Gasteiger partial charge is 0.186 e. The van der Waals surface area contributed by atoms with Gasteiger partial charge in [-0.3, -0.25) is 0 Å². The molecule has 0 spiro atoms. The number of hydrogen-bond acceptors (Lipinski definition) is 7. The number of para-hydroxylation sites is 1. The molecule has 5 rings (SSSR count). The highest BCUT2D eigenvalue weighted by molar-refractivity contribution is 7.22. The summed E-state index contributed by atoms with van der Waals surface area (Å²) in [4.78, 5) is 22.9. The number of benzene rings is 1. The lowest BCUT2D eigenvalue weighted by Crippen LogP contribution is -2.46. The maximum absolute atomic E-state index is 4.87. The van der Waals surface area contributed by atoms with Crippen molar-refractivity contribution >= 4 is 43.7 Å². The van der Waals surface area contributed by atoms with Crippen molar-refractivity contribution in [2.45, 2.75) is 6.92 Å². The van der Waals surface area contributed by atoms with E-state index in [0.29, 0.717) is 0 Å². The van der Waals surface area contributed by atoms with Gasteiger partial charge in [-0.15, -0.1) is 0 Å². The summed E-state index contributed by atoms with van der Waals surface area (Å²) in [5.41, 5.74) is 4.11. The standard InChI is InChI=1S/C18H19N7S/c1-12-4-3-5-13-14(12)22-18(26-13)25-8-6-24(7-9-25)17-15-16(19-10-20-17)23(2)11-21-15/h3-5,10-11H,6-9H2,1-2H3. The Bertz CT molecular complexity index is 1090. The van der Waals surface area contributed by atoms with E-state index in [0.717, 1.165) is 53.8 Å². The normalized spacial score (nSPS) is 15.3. The molecule has 3 aromatic heterocycles. The number of anilines is 2. The maximum Gasteiger partial charge on any atom is 0.186 e. The van der Waals surface area contributed by atoms with Crippen LogP contribution in [0.1, 0.15) is 5.56 Å². The fourth-order valence-corrected chi connectivity index (χ4v) is 4.58. The van der Waals surface area contributed by atoms with Crippen molar-refractivity contribution in [2.24, 2.45) is 7.05 Å². The molecule has 1 fully saturated rings. The molecule has 4 heterocycles. The molecule has 0 saturated carbocycles. The Morgan fingerprint density at radius 3 is 2.58 bits per heavy atom. The van der Waals surface area contributed by atoms with Crippen molar-refractivity contribution in [1.82, 2.24) is 24.5 Å². The molecule has 0 amide bonds. The highest BCUT2D eigenvalue weighted by atomic mass is 32.1. The number of thiazole rings is 1. The summed E-state index contributed by atoms with van der Waals surface area (Å²) in [5, 5.41) is 1.11. The van der Waals surface area contributed by atoms with Crippen molar-refractivity contribution < 1.29 is 0 Å². The Balaban J connectivity index is 1.39. The topological polar surface area (TPSA) is 63.0 Å². The van der Waals surface area contributed by atoms with Crippen molar-refractivity contribution in [3.63, 3.8) is 0 Å². The number of imidazole rings is 1. The lowest BCUT2D eigenvalue weighted by atomic mass is 10.2. The predicted molar refractivity (Wildman–Crippen MR) is 105 cm³/mol. The number of nitrogens with zero attached hydrogens (tertiary/aromatic N) is 7. The fourth-order valence-electron chi connectivity index (χ4n) is 3.48. The van der Waals surface area contributed by atoms with Gasteiger partial charge in [-0.1, -0.05) is 23.5 Å². The molecule has 1 aromatic carbocycles. The third kappa shape index (κ3) is 2.40. The quantitative estimate of drug-likeness (QED) is 0.544. The molecule has 1 aliphatic rings. The Morgan fingerprint density at radius 1 is 0.962 bits per heavy atom. The van der Waals surface area contributed by atoms with E-state index in [1.807, 2.05) is 11.6 Å². The SMILES string of the molecule is Cc1cccc2sc(N3CCN(c4ncnc5c4ncn5C)CC3)nc12. The molecular formula is C18H19N7S. The van der Waals surface area contributed by atoms with Gasteiger partial charge in [0.25, 0.3) is 0 Å². The van der Waals surface area contributed by atoms with Crippen LogP contribution < -0.4 is 9.80 Å². The van der Waals surface area contributed by atoms with Crippen LogP contribution >= 0.6 is 11.3 Å². The molecule has 0 radical (unpaired) electrons. The van der Waals surface area contributed by atoms with Crippen molar-refractivity contribution in [3.05, 3.63) is 36.4 Å². The lowest BCUT2D eigenvalue weighted by Gasteiger charge is -2.35. The molecule has 8 heteroatoms. The van der Waals surface area contributed by atoms with Crippen LogP contribution in [0, 0.1) is 6.92 Å². The van der Waals surface area contributed by atoms with Crippen LogP contribution in [0.4, 0.5) is 10.9 Å². The number of aryl methyl sites for hydroxylation is 2. The van der Waals surface area contributed by atoms with Gasteiger partial charge in [0.2, 0.25) is 0 Å². The molecule has 7 nitrogen and oxygen atoms in total. The highest BCUT2D eigenvalue weighted by Crippen LogP contribution is 2.31. The van der Waals surface area contributed by atoms with Gasteiger partial charge in [-0.05, 0) is 18.6 Å². The van der Waals surface area contributed by atoms with Crippen molar-refractivity contribution in [3.8, 4) is 0 Å². The third-order valence-corrected chi connectivity index (χ3v) is 6.02. The molecule has 0 aliphatic carbocycles. The number of rotatable bonds is 2. The summed E-state index contributed by atoms with van der Waals surface area (Å²) in [5.74, 6) is 0.926. The Morgan fingerprint density at radius 2 is 1.77 bits per heavy atom. The summed E-state index contributed by atoms with van der Waals surface area (Å²) in [6.45, 7) is 5.78.